The lowest BCUT2D eigenvalue weighted by Crippen LogP contribution is -2.33. The van der Waals surface area contributed by atoms with Crippen LogP contribution >= 0.6 is 11.8 Å². The molecular formula is C14H15N3O3S. The summed E-state index contributed by atoms with van der Waals surface area (Å²) < 4.78 is 4.42. The molecule has 1 aromatic carbocycles. The van der Waals surface area contributed by atoms with Gasteiger partial charge in [-0.1, -0.05) is 35.9 Å². The molecule has 0 aliphatic rings. The number of amidine groups is 1. The number of rotatable bonds is 2. The molecule has 0 aliphatic carbocycles. The van der Waals surface area contributed by atoms with E-state index in [1.807, 2.05) is 19.1 Å². The first kappa shape index (κ1) is 16.6. The van der Waals surface area contributed by atoms with Crippen molar-refractivity contribution in [3.05, 3.63) is 29.8 Å². The highest BCUT2D eigenvalue weighted by Crippen LogP contribution is 2.13. The number of hydrogen-bond acceptors (Lipinski definition) is 4. The lowest BCUT2D eigenvalue weighted by molar-refractivity contribution is 0.182. The molecule has 0 aromatic heterocycles. The summed E-state index contributed by atoms with van der Waals surface area (Å²) in [6.07, 6.45) is 4.33. The lowest BCUT2D eigenvalue weighted by Gasteiger charge is -2.10. The summed E-state index contributed by atoms with van der Waals surface area (Å²) >= 11 is 1.05. The Bertz CT molecular complexity index is 593. The van der Waals surface area contributed by atoms with Crippen molar-refractivity contribution < 1.29 is 14.3 Å². The van der Waals surface area contributed by atoms with E-state index < -0.39 is 12.1 Å². The molecule has 1 rings (SSSR count). The van der Waals surface area contributed by atoms with Gasteiger partial charge in [0.25, 0.3) is 0 Å². The molecule has 0 unspecified atom stereocenters. The van der Waals surface area contributed by atoms with E-state index in [2.05, 4.69) is 26.3 Å². The number of amides is 3. The SMILES string of the molecule is C#CCSC(=NC(=O)OC)NC(=O)Nc1ccccc1C. The second-order valence-electron chi connectivity index (χ2n) is 3.77. The first-order chi connectivity index (χ1) is 10.1. The Kier molecular flexibility index (Phi) is 6.84. The minimum atomic E-state index is -0.814. The number of anilines is 1. The minimum absolute atomic E-state index is 0.0749. The van der Waals surface area contributed by atoms with E-state index in [1.54, 1.807) is 12.1 Å². The van der Waals surface area contributed by atoms with Gasteiger partial charge in [-0.15, -0.1) is 6.42 Å². The fourth-order valence-corrected chi connectivity index (χ4v) is 1.82. The fraction of sp³-hybridized carbons (Fsp3) is 0.214. The third-order valence-corrected chi connectivity index (χ3v) is 3.05. The predicted octanol–water partition coefficient (Wildman–Crippen LogP) is 2.61. The van der Waals surface area contributed by atoms with E-state index in [-0.39, 0.29) is 10.9 Å². The maximum Gasteiger partial charge on any atom is 0.435 e. The molecule has 0 radical (unpaired) electrons. The Hall–Kier alpha value is -2.46. The number of nitrogens with zero attached hydrogens (tertiary/aromatic N) is 1. The highest BCUT2D eigenvalue weighted by atomic mass is 32.2. The number of urea groups is 1. The van der Waals surface area contributed by atoms with E-state index in [0.717, 1.165) is 17.3 Å². The Morgan fingerprint density at radius 2 is 2.14 bits per heavy atom. The van der Waals surface area contributed by atoms with Crippen LogP contribution in [0.25, 0.3) is 0 Å². The van der Waals surface area contributed by atoms with Gasteiger partial charge in [-0.3, -0.25) is 5.32 Å². The quantitative estimate of drug-likeness (QED) is 0.500. The van der Waals surface area contributed by atoms with Crippen molar-refractivity contribution in [1.82, 2.24) is 5.32 Å². The van der Waals surface area contributed by atoms with Gasteiger partial charge in [0.05, 0.1) is 12.9 Å². The Morgan fingerprint density at radius 3 is 2.76 bits per heavy atom. The highest BCUT2D eigenvalue weighted by Gasteiger charge is 2.10. The average molecular weight is 305 g/mol. The zero-order valence-electron chi connectivity index (χ0n) is 11.7. The second-order valence-corrected chi connectivity index (χ2v) is 4.74. The van der Waals surface area contributed by atoms with Gasteiger partial charge in [-0.2, -0.15) is 4.99 Å². The number of aryl methyl sites for hydroxylation is 1. The molecule has 0 heterocycles. The molecule has 2 N–H and O–H groups in total. The molecule has 0 saturated carbocycles. The van der Waals surface area contributed by atoms with Crippen LogP contribution in [-0.2, 0) is 4.74 Å². The largest absolute Gasteiger partial charge is 0.451 e. The van der Waals surface area contributed by atoms with E-state index >= 15 is 0 Å². The molecular weight excluding hydrogens is 290 g/mol. The van der Waals surface area contributed by atoms with Crippen molar-refractivity contribution in [3.63, 3.8) is 0 Å². The number of aliphatic imine (C=N–C) groups is 1. The van der Waals surface area contributed by atoms with Gasteiger partial charge < -0.3 is 10.1 Å². The van der Waals surface area contributed by atoms with E-state index in [4.69, 9.17) is 6.42 Å². The number of terminal acetylenes is 1. The van der Waals surface area contributed by atoms with Crippen LogP contribution in [0.5, 0.6) is 0 Å². The third kappa shape index (κ3) is 6.01. The number of para-hydroxylation sites is 1. The molecule has 1 aromatic rings. The molecule has 6 nitrogen and oxygen atoms in total. The first-order valence-electron chi connectivity index (χ1n) is 5.93. The second kappa shape index (κ2) is 8.66. The number of carbonyl (C=O) groups excluding carboxylic acids is 2. The van der Waals surface area contributed by atoms with Crippen LogP contribution in [0, 0.1) is 19.3 Å². The topological polar surface area (TPSA) is 79.8 Å². The molecule has 0 atom stereocenters. The van der Waals surface area contributed by atoms with Crippen LogP contribution in [-0.4, -0.2) is 30.2 Å². The molecule has 0 bridgehead atoms. The number of methoxy groups -OCH3 is 1. The molecule has 21 heavy (non-hydrogen) atoms. The van der Waals surface area contributed by atoms with Crippen LogP contribution in [0.2, 0.25) is 0 Å². The maximum atomic E-state index is 11.9. The Balaban J connectivity index is 2.72. The Morgan fingerprint density at radius 1 is 1.43 bits per heavy atom. The summed E-state index contributed by atoms with van der Waals surface area (Å²) in [7, 11) is 1.20. The van der Waals surface area contributed by atoms with Gasteiger partial charge in [-0.25, -0.2) is 9.59 Å². The van der Waals surface area contributed by atoms with Gasteiger partial charge >= 0.3 is 12.1 Å². The molecule has 7 heteroatoms. The van der Waals surface area contributed by atoms with E-state index in [0.29, 0.717) is 5.69 Å². The summed E-state index contributed by atoms with van der Waals surface area (Å²) in [5, 5.41) is 5.19. The van der Waals surface area contributed by atoms with Crippen LogP contribution in [0.15, 0.2) is 29.3 Å². The Labute approximate surface area is 127 Å². The molecule has 0 spiro atoms. The number of nitrogens with one attached hydrogen (secondary N) is 2. The van der Waals surface area contributed by atoms with Gasteiger partial charge in [0.15, 0.2) is 5.17 Å². The first-order valence-corrected chi connectivity index (χ1v) is 6.92. The monoisotopic (exact) mass is 305 g/mol. The number of ether oxygens (including phenoxy) is 1. The van der Waals surface area contributed by atoms with Crippen molar-refractivity contribution >= 4 is 34.7 Å². The molecule has 0 fully saturated rings. The number of carbonyl (C=O) groups is 2. The third-order valence-electron chi connectivity index (χ3n) is 2.27. The van der Waals surface area contributed by atoms with Gasteiger partial charge in [-0.05, 0) is 18.6 Å². The van der Waals surface area contributed by atoms with Gasteiger partial charge in [0.1, 0.15) is 0 Å². The number of thioether (sulfide) groups is 1. The number of benzene rings is 1. The van der Waals surface area contributed by atoms with Crippen molar-refractivity contribution in [1.29, 1.82) is 0 Å². The molecule has 0 aliphatic heterocycles. The lowest BCUT2D eigenvalue weighted by atomic mass is 10.2. The molecule has 0 saturated heterocycles. The van der Waals surface area contributed by atoms with E-state index in [9.17, 15) is 9.59 Å². The van der Waals surface area contributed by atoms with Crippen LogP contribution < -0.4 is 10.6 Å². The minimum Gasteiger partial charge on any atom is -0.451 e. The molecule has 3 amide bonds. The average Bonchev–Trinajstić information content (AvgIpc) is 2.47. The van der Waals surface area contributed by atoms with Crippen molar-refractivity contribution in [2.24, 2.45) is 4.99 Å². The summed E-state index contributed by atoms with van der Waals surface area (Å²) in [6.45, 7) is 1.87. The van der Waals surface area contributed by atoms with Crippen LogP contribution in [0.4, 0.5) is 15.3 Å². The van der Waals surface area contributed by atoms with Crippen molar-refractivity contribution in [3.8, 4) is 12.3 Å². The van der Waals surface area contributed by atoms with Gasteiger partial charge in [0.2, 0.25) is 0 Å². The normalized spacial score (nSPS) is 10.4. The standard InChI is InChI=1S/C14H15N3O3S/c1-4-9-21-13(17-14(19)20-3)16-12(18)15-11-8-6-5-7-10(11)2/h1,5-8H,9H2,2-3H3,(H2,15,16,17,18,19). The molecule has 110 valence electrons. The van der Waals surface area contributed by atoms with Crippen molar-refractivity contribution in [2.45, 2.75) is 6.92 Å². The highest BCUT2D eigenvalue weighted by molar-refractivity contribution is 8.14. The summed E-state index contributed by atoms with van der Waals surface area (Å²) in [6, 6.07) is 6.79. The van der Waals surface area contributed by atoms with Crippen molar-refractivity contribution in [2.75, 3.05) is 18.2 Å². The van der Waals surface area contributed by atoms with E-state index in [1.165, 1.54) is 7.11 Å². The smallest absolute Gasteiger partial charge is 0.435 e. The summed E-state index contributed by atoms with van der Waals surface area (Å²) in [4.78, 5) is 26.6. The predicted molar refractivity (Wildman–Crippen MR) is 84.5 cm³/mol. The number of hydrogen-bond donors (Lipinski definition) is 2. The maximum absolute atomic E-state index is 11.9. The summed E-state index contributed by atoms with van der Waals surface area (Å²) in [5.74, 6) is 2.64. The van der Waals surface area contributed by atoms with Crippen LogP contribution in [0.1, 0.15) is 5.56 Å². The fourth-order valence-electron chi connectivity index (χ4n) is 1.30. The zero-order chi connectivity index (χ0) is 15.7. The zero-order valence-corrected chi connectivity index (χ0v) is 12.5. The van der Waals surface area contributed by atoms with Gasteiger partial charge in [0, 0.05) is 5.69 Å². The van der Waals surface area contributed by atoms with Crippen LogP contribution in [0.3, 0.4) is 0 Å². The summed E-state index contributed by atoms with van der Waals surface area (Å²) in [5.41, 5.74) is 1.57.